The first-order chi connectivity index (χ1) is 14.4. The molecule has 1 amide bonds. The molecule has 2 aliphatic rings. The molecule has 30 heavy (non-hydrogen) atoms. The molecule has 1 fully saturated rings. The van der Waals surface area contributed by atoms with Crippen molar-refractivity contribution in [2.45, 2.75) is 57.0 Å². The maximum Gasteiger partial charge on any atom is 0.257 e. The molecule has 0 radical (unpaired) electrons. The van der Waals surface area contributed by atoms with Gasteiger partial charge < -0.3 is 0 Å². The van der Waals surface area contributed by atoms with E-state index in [0.29, 0.717) is 17.2 Å². The van der Waals surface area contributed by atoms with Crippen molar-refractivity contribution in [3.05, 3.63) is 40.4 Å². The van der Waals surface area contributed by atoms with Crippen LogP contribution in [0, 0.1) is 0 Å². The van der Waals surface area contributed by atoms with Gasteiger partial charge in [-0.3, -0.25) is 15.0 Å². The Morgan fingerprint density at radius 1 is 1.23 bits per heavy atom. The third-order valence-corrected chi connectivity index (χ3v) is 8.97. The number of benzene rings is 1. The molecule has 7 nitrogen and oxygen atoms in total. The van der Waals surface area contributed by atoms with E-state index in [-0.39, 0.29) is 16.8 Å². The summed E-state index contributed by atoms with van der Waals surface area (Å²) in [6.45, 7) is 7.52. The zero-order valence-corrected chi connectivity index (χ0v) is 19.1. The smallest absolute Gasteiger partial charge is 0.257 e. The molecule has 9 heteroatoms. The lowest BCUT2D eigenvalue weighted by Crippen LogP contribution is -2.41. The third kappa shape index (κ3) is 4.30. The van der Waals surface area contributed by atoms with E-state index in [4.69, 9.17) is 0 Å². The fraction of sp³-hybridized carbons (Fsp3) is 0.524. The van der Waals surface area contributed by atoms with E-state index in [2.05, 4.69) is 22.1 Å². The summed E-state index contributed by atoms with van der Waals surface area (Å²) in [5.41, 5.74) is 1.49. The number of anilines is 1. The van der Waals surface area contributed by atoms with Crippen molar-refractivity contribution in [1.29, 1.82) is 0 Å². The van der Waals surface area contributed by atoms with Crippen LogP contribution in [-0.2, 0) is 23.0 Å². The largest absolute Gasteiger partial charge is 0.298 e. The number of nitrogens with one attached hydrogen (secondary N) is 1. The normalized spacial score (nSPS) is 20.7. The molecule has 0 spiro atoms. The van der Waals surface area contributed by atoms with E-state index in [1.807, 2.05) is 6.92 Å². The summed E-state index contributed by atoms with van der Waals surface area (Å²) in [7, 11) is -3.54. The van der Waals surface area contributed by atoms with Crippen LogP contribution in [-0.4, -0.2) is 54.2 Å². The van der Waals surface area contributed by atoms with Crippen molar-refractivity contribution < 1.29 is 13.2 Å². The SMILES string of the molecule is CCN1CCc2nc(NC(=O)c3ccc(S(=O)(=O)N4CCCC[C@@H]4C)cc3)sc2C1. The Morgan fingerprint density at radius 3 is 2.70 bits per heavy atom. The van der Waals surface area contributed by atoms with Crippen molar-refractivity contribution in [2.24, 2.45) is 0 Å². The zero-order chi connectivity index (χ0) is 21.3. The van der Waals surface area contributed by atoms with Gasteiger partial charge in [-0.05, 0) is 50.6 Å². The summed E-state index contributed by atoms with van der Waals surface area (Å²) < 4.78 is 27.5. The number of rotatable bonds is 5. The van der Waals surface area contributed by atoms with Crippen LogP contribution in [0.15, 0.2) is 29.2 Å². The molecule has 4 rings (SSSR count). The molecule has 0 unspecified atom stereocenters. The second-order valence-electron chi connectivity index (χ2n) is 7.95. The average molecular weight is 449 g/mol. The van der Waals surface area contributed by atoms with Gasteiger partial charge in [-0.25, -0.2) is 13.4 Å². The molecule has 3 heterocycles. The minimum Gasteiger partial charge on any atom is -0.298 e. The molecule has 1 atom stereocenters. The molecule has 0 aliphatic carbocycles. The lowest BCUT2D eigenvalue weighted by molar-refractivity contribution is 0.102. The minimum atomic E-state index is -3.54. The highest BCUT2D eigenvalue weighted by Gasteiger charge is 2.31. The number of aromatic nitrogens is 1. The number of carbonyl (C=O) groups is 1. The first kappa shape index (κ1) is 21.4. The number of carbonyl (C=O) groups excluding carboxylic acids is 1. The van der Waals surface area contributed by atoms with E-state index in [0.717, 1.165) is 51.0 Å². The highest BCUT2D eigenvalue weighted by Crippen LogP contribution is 2.29. The summed E-state index contributed by atoms with van der Waals surface area (Å²) in [6, 6.07) is 6.20. The molecule has 0 bridgehead atoms. The highest BCUT2D eigenvalue weighted by molar-refractivity contribution is 7.89. The molecular weight excluding hydrogens is 420 g/mol. The number of hydrogen-bond acceptors (Lipinski definition) is 6. The Bertz CT molecular complexity index is 1020. The highest BCUT2D eigenvalue weighted by atomic mass is 32.2. The number of fused-ring (bicyclic) bond motifs is 1. The summed E-state index contributed by atoms with van der Waals surface area (Å²) >= 11 is 1.52. The van der Waals surface area contributed by atoms with Gasteiger partial charge in [0.15, 0.2) is 5.13 Å². The van der Waals surface area contributed by atoms with Gasteiger partial charge in [0.25, 0.3) is 5.91 Å². The summed E-state index contributed by atoms with van der Waals surface area (Å²) in [4.78, 5) is 21.0. The molecule has 1 aromatic heterocycles. The van der Waals surface area contributed by atoms with E-state index in [9.17, 15) is 13.2 Å². The van der Waals surface area contributed by atoms with Crippen molar-refractivity contribution in [1.82, 2.24) is 14.2 Å². The molecular formula is C21H28N4O3S2. The Kier molecular flexibility index (Phi) is 6.24. The van der Waals surface area contributed by atoms with Crippen LogP contribution >= 0.6 is 11.3 Å². The zero-order valence-electron chi connectivity index (χ0n) is 17.4. The van der Waals surface area contributed by atoms with E-state index < -0.39 is 10.0 Å². The molecule has 2 aromatic rings. The van der Waals surface area contributed by atoms with Crippen LogP contribution < -0.4 is 5.32 Å². The lowest BCUT2D eigenvalue weighted by Gasteiger charge is -2.32. The number of sulfonamides is 1. The summed E-state index contributed by atoms with van der Waals surface area (Å²) in [6.07, 6.45) is 3.73. The first-order valence-corrected chi connectivity index (χ1v) is 12.8. The van der Waals surface area contributed by atoms with Crippen LogP contribution in [0.1, 0.15) is 54.0 Å². The van der Waals surface area contributed by atoms with Gasteiger partial charge in [0.05, 0.1) is 10.6 Å². The van der Waals surface area contributed by atoms with Crippen LogP contribution in [0.5, 0.6) is 0 Å². The number of hydrogen-bond donors (Lipinski definition) is 1. The fourth-order valence-electron chi connectivity index (χ4n) is 4.08. The molecule has 162 valence electrons. The van der Waals surface area contributed by atoms with Gasteiger partial charge in [-0.15, -0.1) is 11.3 Å². The predicted octanol–water partition coefficient (Wildman–Crippen LogP) is 3.34. The maximum atomic E-state index is 12.9. The molecule has 0 saturated carbocycles. The van der Waals surface area contributed by atoms with Crippen LogP contribution in [0.3, 0.4) is 0 Å². The summed E-state index contributed by atoms with van der Waals surface area (Å²) in [5.74, 6) is -0.274. The molecule has 1 aromatic carbocycles. The topological polar surface area (TPSA) is 82.6 Å². The van der Waals surface area contributed by atoms with Crippen LogP contribution in [0.25, 0.3) is 0 Å². The maximum absolute atomic E-state index is 12.9. The van der Waals surface area contributed by atoms with Gasteiger partial charge in [-0.2, -0.15) is 4.31 Å². The first-order valence-electron chi connectivity index (χ1n) is 10.5. The van der Waals surface area contributed by atoms with Gasteiger partial charge in [0.1, 0.15) is 0 Å². The number of thiazole rings is 1. The average Bonchev–Trinajstić information content (AvgIpc) is 3.15. The number of amides is 1. The Hall–Kier alpha value is -1.81. The standard InChI is InChI=1S/C21H28N4O3S2/c1-3-24-13-11-18-19(14-24)29-21(22-18)23-20(26)16-7-9-17(10-8-16)30(27,28)25-12-5-4-6-15(25)2/h7-10,15H,3-6,11-14H2,1-2H3,(H,22,23,26)/t15-/m0/s1. The quantitative estimate of drug-likeness (QED) is 0.759. The lowest BCUT2D eigenvalue weighted by atomic mass is 10.1. The molecule has 1 N–H and O–H groups in total. The van der Waals surface area contributed by atoms with Gasteiger partial charge in [0, 0.05) is 42.5 Å². The van der Waals surface area contributed by atoms with Gasteiger partial charge >= 0.3 is 0 Å². The van der Waals surface area contributed by atoms with E-state index >= 15 is 0 Å². The third-order valence-electron chi connectivity index (χ3n) is 5.94. The number of piperidine rings is 1. The Labute approximate surface area is 182 Å². The van der Waals surface area contributed by atoms with Gasteiger partial charge in [0.2, 0.25) is 10.0 Å². The minimum absolute atomic E-state index is 0.00583. The van der Waals surface area contributed by atoms with E-state index in [1.54, 1.807) is 16.4 Å². The van der Waals surface area contributed by atoms with Crippen LogP contribution in [0.4, 0.5) is 5.13 Å². The second kappa shape index (κ2) is 8.74. The Morgan fingerprint density at radius 2 is 2.00 bits per heavy atom. The molecule has 2 aliphatic heterocycles. The second-order valence-corrected chi connectivity index (χ2v) is 10.9. The number of nitrogens with zero attached hydrogens (tertiary/aromatic N) is 3. The molecule has 1 saturated heterocycles. The van der Waals surface area contributed by atoms with E-state index in [1.165, 1.54) is 28.3 Å². The fourth-order valence-corrected chi connectivity index (χ4v) is 6.83. The van der Waals surface area contributed by atoms with Gasteiger partial charge in [-0.1, -0.05) is 13.3 Å². The van der Waals surface area contributed by atoms with Crippen molar-refractivity contribution in [3.8, 4) is 0 Å². The predicted molar refractivity (Wildman–Crippen MR) is 118 cm³/mol. The summed E-state index contributed by atoms with van der Waals surface area (Å²) in [5, 5.41) is 3.47. The van der Waals surface area contributed by atoms with Crippen molar-refractivity contribution in [3.63, 3.8) is 0 Å². The monoisotopic (exact) mass is 448 g/mol. The van der Waals surface area contributed by atoms with Crippen LogP contribution in [0.2, 0.25) is 0 Å². The van der Waals surface area contributed by atoms with Crippen molar-refractivity contribution >= 4 is 32.4 Å². The van der Waals surface area contributed by atoms with Crippen molar-refractivity contribution in [2.75, 3.05) is 25.0 Å². The number of likely N-dealkylation sites (N-methyl/N-ethyl adjacent to an activating group) is 1. The Balaban J connectivity index is 1.45.